The molecule has 0 saturated heterocycles. The third kappa shape index (κ3) is 12.1. The molecule has 0 saturated carbocycles. The predicted octanol–water partition coefficient (Wildman–Crippen LogP) is -1.43. The van der Waals surface area contributed by atoms with Gasteiger partial charge in [-0.3, -0.25) is 19.4 Å². The number of imidazole rings is 1. The quantitative estimate of drug-likeness (QED) is 0.0540. The van der Waals surface area contributed by atoms with Crippen molar-refractivity contribution >= 4 is 41.4 Å². The molecule has 1 heterocycles. The molecule has 0 spiro atoms. The molecule has 2 aromatic rings. The number of hydrogen-bond donors (Lipinski definition) is 9. The lowest BCUT2D eigenvalue weighted by Crippen LogP contribution is -2.57. The van der Waals surface area contributed by atoms with Crippen molar-refractivity contribution < 1.29 is 29.4 Å². The first-order chi connectivity index (χ1) is 20.0. The summed E-state index contributed by atoms with van der Waals surface area (Å²) >= 11 is 1.53. The lowest BCUT2D eigenvalue weighted by Gasteiger charge is -2.25. The lowest BCUT2D eigenvalue weighted by atomic mass is 10.0. The Morgan fingerprint density at radius 2 is 1.62 bits per heavy atom. The standard InChI is InChI=1S/C26H39N9O6S/c1-42-10-8-18(27)22(37)34-20(12-16-13-30-14-32-16)24(39)33-19(3-2-9-31-26(28)29)23(38)35-21(25(40)41)11-15-4-6-17(36)7-5-15/h4-7,13-14,18-21,36H,2-3,8-12,27H2,1H3,(H,30,32)(H,33,39)(H,34,37)(H,35,38)(H,40,41)(H4,28,29,31). The van der Waals surface area contributed by atoms with Crippen molar-refractivity contribution in [1.29, 1.82) is 0 Å². The first kappa shape index (κ1) is 33.9. The fourth-order valence-electron chi connectivity index (χ4n) is 3.86. The van der Waals surface area contributed by atoms with Gasteiger partial charge in [0.05, 0.1) is 12.4 Å². The number of carboxylic acids is 1. The van der Waals surface area contributed by atoms with Gasteiger partial charge in [-0.2, -0.15) is 11.8 Å². The maximum atomic E-state index is 13.4. The number of aliphatic imine (C=N–C) groups is 1. The number of carbonyl (C=O) groups excluding carboxylic acids is 3. The molecular weight excluding hydrogens is 566 g/mol. The zero-order valence-corrected chi connectivity index (χ0v) is 24.1. The number of phenols is 1. The van der Waals surface area contributed by atoms with Gasteiger partial charge in [0.1, 0.15) is 23.9 Å². The number of carbonyl (C=O) groups is 4. The van der Waals surface area contributed by atoms with Crippen LogP contribution in [0.5, 0.6) is 5.75 Å². The fraction of sp³-hybridized carbons (Fsp3) is 0.462. The number of hydrogen-bond acceptors (Lipinski definition) is 9. The van der Waals surface area contributed by atoms with Gasteiger partial charge in [-0.1, -0.05) is 12.1 Å². The molecule has 0 aliphatic rings. The Bertz CT molecular complexity index is 1190. The SMILES string of the molecule is CSCCC(N)C(=O)NC(Cc1cnc[nH]1)C(=O)NC(CCCN=C(N)N)C(=O)NC(Cc1ccc(O)cc1)C(=O)O. The number of nitrogens with two attached hydrogens (primary N) is 3. The van der Waals surface area contributed by atoms with Gasteiger partial charge in [0.15, 0.2) is 5.96 Å². The summed E-state index contributed by atoms with van der Waals surface area (Å²) in [6.45, 7) is 0.163. The molecule has 15 nitrogen and oxygen atoms in total. The third-order valence-corrected chi connectivity index (χ3v) is 6.79. The second kappa shape index (κ2) is 17.5. The van der Waals surface area contributed by atoms with E-state index >= 15 is 0 Å². The van der Waals surface area contributed by atoms with Crippen LogP contribution < -0.4 is 33.2 Å². The molecule has 4 unspecified atom stereocenters. The van der Waals surface area contributed by atoms with Crippen LogP contribution in [0.1, 0.15) is 30.5 Å². The van der Waals surface area contributed by atoms with E-state index in [1.165, 1.54) is 36.4 Å². The van der Waals surface area contributed by atoms with Crippen LogP contribution >= 0.6 is 11.8 Å². The van der Waals surface area contributed by atoms with Crippen LogP contribution in [0.3, 0.4) is 0 Å². The largest absolute Gasteiger partial charge is 0.508 e. The Morgan fingerprint density at radius 1 is 0.976 bits per heavy atom. The number of thioether (sulfide) groups is 1. The number of nitrogens with zero attached hydrogens (tertiary/aromatic N) is 2. The summed E-state index contributed by atoms with van der Waals surface area (Å²) < 4.78 is 0. The van der Waals surface area contributed by atoms with Gasteiger partial charge in [-0.25, -0.2) is 9.78 Å². The maximum absolute atomic E-state index is 13.4. The Balaban J connectivity index is 2.22. The van der Waals surface area contributed by atoms with Gasteiger partial charge in [0.2, 0.25) is 17.7 Å². The molecule has 0 bridgehead atoms. The molecule has 1 aromatic carbocycles. The van der Waals surface area contributed by atoms with Crippen molar-refractivity contribution in [1.82, 2.24) is 25.9 Å². The van der Waals surface area contributed by atoms with Crippen LogP contribution in [0, 0.1) is 0 Å². The molecule has 0 radical (unpaired) electrons. The van der Waals surface area contributed by atoms with E-state index < -0.39 is 47.9 Å². The highest BCUT2D eigenvalue weighted by Gasteiger charge is 2.30. The molecule has 3 amide bonds. The number of aromatic hydroxyl groups is 1. The Kier molecular flexibility index (Phi) is 14.1. The highest BCUT2D eigenvalue weighted by molar-refractivity contribution is 7.98. The summed E-state index contributed by atoms with van der Waals surface area (Å²) in [7, 11) is 0. The molecule has 12 N–H and O–H groups in total. The number of aromatic amines is 1. The van der Waals surface area contributed by atoms with Crippen LogP contribution in [0.2, 0.25) is 0 Å². The predicted molar refractivity (Wildman–Crippen MR) is 158 cm³/mol. The first-order valence-corrected chi connectivity index (χ1v) is 14.6. The minimum atomic E-state index is -1.32. The van der Waals surface area contributed by atoms with Crippen molar-refractivity contribution in [2.75, 3.05) is 18.6 Å². The zero-order valence-electron chi connectivity index (χ0n) is 23.3. The summed E-state index contributed by atoms with van der Waals surface area (Å²) in [6, 6.07) is 1.43. The van der Waals surface area contributed by atoms with Gasteiger partial charge in [0.25, 0.3) is 0 Å². The van der Waals surface area contributed by atoms with Crippen molar-refractivity contribution in [3.8, 4) is 5.75 Å². The maximum Gasteiger partial charge on any atom is 0.326 e. The molecule has 42 heavy (non-hydrogen) atoms. The Hall–Kier alpha value is -4.31. The van der Waals surface area contributed by atoms with Crippen molar-refractivity contribution in [3.63, 3.8) is 0 Å². The number of guanidine groups is 1. The second-order valence-electron chi connectivity index (χ2n) is 9.51. The highest BCUT2D eigenvalue weighted by atomic mass is 32.2. The van der Waals surface area contributed by atoms with E-state index in [0.29, 0.717) is 23.4 Å². The Morgan fingerprint density at radius 3 is 2.21 bits per heavy atom. The summed E-state index contributed by atoms with van der Waals surface area (Å²) in [5.74, 6) is -2.72. The van der Waals surface area contributed by atoms with E-state index in [1.807, 2.05) is 6.26 Å². The van der Waals surface area contributed by atoms with Crippen molar-refractivity contribution in [2.45, 2.75) is 56.3 Å². The number of H-pyrrole nitrogens is 1. The molecule has 16 heteroatoms. The minimum Gasteiger partial charge on any atom is -0.508 e. The van der Waals surface area contributed by atoms with E-state index in [-0.39, 0.29) is 43.9 Å². The molecular formula is C26H39N9O6S. The third-order valence-electron chi connectivity index (χ3n) is 6.15. The number of nitrogens with one attached hydrogen (secondary N) is 4. The number of aromatic nitrogens is 2. The number of benzene rings is 1. The number of carboxylic acid groups (broad SMARTS) is 1. The number of amides is 3. The Labute approximate surface area is 247 Å². The van der Waals surface area contributed by atoms with Gasteiger partial charge in [0, 0.05) is 31.3 Å². The van der Waals surface area contributed by atoms with E-state index in [4.69, 9.17) is 17.2 Å². The number of phenolic OH excluding ortho intramolecular Hbond substituents is 1. The molecule has 1 aromatic heterocycles. The van der Waals surface area contributed by atoms with Crippen LogP contribution in [-0.2, 0) is 32.0 Å². The van der Waals surface area contributed by atoms with Gasteiger partial charge in [-0.15, -0.1) is 0 Å². The van der Waals surface area contributed by atoms with E-state index in [2.05, 4.69) is 30.9 Å². The topological polar surface area (TPSA) is 264 Å². The van der Waals surface area contributed by atoms with Crippen molar-refractivity contribution in [2.24, 2.45) is 22.2 Å². The van der Waals surface area contributed by atoms with Gasteiger partial charge >= 0.3 is 5.97 Å². The van der Waals surface area contributed by atoms with Crippen LogP contribution in [0.15, 0.2) is 41.8 Å². The van der Waals surface area contributed by atoms with Crippen molar-refractivity contribution in [3.05, 3.63) is 48.0 Å². The minimum absolute atomic E-state index is 0.0141. The molecule has 4 atom stereocenters. The monoisotopic (exact) mass is 605 g/mol. The smallest absolute Gasteiger partial charge is 0.326 e. The van der Waals surface area contributed by atoms with Crippen LogP contribution in [0.4, 0.5) is 0 Å². The lowest BCUT2D eigenvalue weighted by molar-refractivity contribution is -0.142. The number of rotatable bonds is 18. The van der Waals surface area contributed by atoms with E-state index in [0.717, 1.165) is 0 Å². The summed E-state index contributed by atoms with van der Waals surface area (Å²) in [6.07, 6.45) is 5.53. The van der Waals surface area contributed by atoms with Crippen LogP contribution in [-0.4, -0.2) is 92.6 Å². The summed E-state index contributed by atoms with van der Waals surface area (Å²) in [5.41, 5.74) is 17.9. The molecule has 2 rings (SSSR count). The van der Waals surface area contributed by atoms with E-state index in [1.54, 1.807) is 12.1 Å². The van der Waals surface area contributed by atoms with Gasteiger partial charge in [-0.05, 0) is 49.0 Å². The zero-order chi connectivity index (χ0) is 31.1. The molecule has 230 valence electrons. The highest BCUT2D eigenvalue weighted by Crippen LogP contribution is 2.12. The van der Waals surface area contributed by atoms with E-state index in [9.17, 15) is 29.4 Å². The first-order valence-electron chi connectivity index (χ1n) is 13.2. The fourth-order valence-corrected chi connectivity index (χ4v) is 4.35. The van der Waals surface area contributed by atoms with Crippen LogP contribution in [0.25, 0.3) is 0 Å². The number of aliphatic carboxylic acids is 1. The normalized spacial score (nSPS) is 13.7. The second-order valence-corrected chi connectivity index (χ2v) is 10.5. The molecule has 0 aliphatic carbocycles. The average molecular weight is 606 g/mol. The summed E-state index contributed by atoms with van der Waals surface area (Å²) in [4.78, 5) is 62.2. The molecule has 0 fully saturated rings. The average Bonchev–Trinajstić information content (AvgIpc) is 3.46. The molecule has 0 aliphatic heterocycles. The van der Waals surface area contributed by atoms with Gasteiger partial charge < -0.3 is 48.3 Å². The summed E-state index contributed by atoms with van der Waals surface area (Å²) in [5, 5.41) is 27.0.